The highest BCUT2D eigenvalue weighted by molar-refractivity contribution is 7.00. The molecule has 4 heteroatoms. The molecule has 3 nitrogen and oxygen atoms in total. The Labute approximate surface area is 458 Å². The Hall–Kier alpha value is -7.56. The van der Waals surface area contributed by atoms with E-state index in [1.54, 1.807) is 0 Å². The van der Waals surface area contributed by atoms with Gasteiger partial charge in [0.15, 0.2) is 0 Å². The molecule has 0 radical (unpaired) electrons. The molecular weight excluding hydrogens is 930 g/mol. The fourth-order valence-corrected chi connectivity index (χ4v) is 14.9. The lowest BCUT2D eigenvalue weighted by molar-refractivity contribution is 0.133. The second-order valence-corrected chi connectivity index (χ2v) is 25.6. The van der Waals surface area contributed by atoms with Gasteiger partial charge in [0.05, 0.1) is 11.2 Å². The Morgan fingerprint density at radius 3 is 1.70 bits per heavy atom. The molecule has 380 valence electrons. The average molecular weight is 1000 g/mol. The Morgan fingerprint density at radius 2 is 1.05 bits per heavy atom. The molecule has 77 heavy (non-hydrogen) atoms. The Morgan fingerprint density at radius 1 is 0.468 bits per heavy atom. The Bertz CT molecular complexity index is 3800. The molecule has 5 aliphatic rings. The fraction of sp³-hybridized carbons (Fsp3) is 0.260. The summed E-state index contributed by atoms with van der Waals surface area (Å²) >= 11 is 0. The van der Waals surface area contributed by atoms with Gasteiger partial charge in [-0.2, -0.15) is 0 Å². The average Bonchev–Trinajstić information content (AvgIpc) is 3.79. The predicted octanol–water partition coefficient (Wildman–Crippen LogP) is 17.8. The number of hydrogen-bond donors (Lipinski definition) is 0. The van der Waals surface area contributed by atoms with E-state index in [2.05, 4.69) is 277 Å². The van der Waals surface area contributed by atoms with Gasteiger partial charge in [-0.1, -0.05) is 201 Å². The van der Waals surface area contributed by atoms with Crippen LogP contribution in [0, 0.1) is 5.92 Å². The van der Waals surface area contributed by atoms with Crippen LogP contribution in [0.1, 0.15) is 116 Å². The SMILES string of the molecule is CC(C)C1CCC(C)(C)c2cc3c(cc21)N(c1ccc(C(C)(C)C)cc1-c1ccccc1)c1cc(N2c4ccccc4C4(C)CCC24C)cc2c1B3c1cc(-c3ccccc3)ccc1N2c1ccc(-c2ccccc2)cc1. The van der Waals surface area contributed by atoms with Crippen LogP contribution in [0.5, 0.6) is 0 Å². The van der Waals surface area contributed by atoms with Gasteiger partial charge >= 0.3 is 0 Å². The molecule has 1 fully saturated rings. The van der Waals surface area contributed by atoms with Crippen molar-refractivity contribution in [1.29, 1.82) is 0 Å². The highest BCUT2D eigenvalue weighted by Crippen LogP contribution is 2.66. The minimum atomic E-state index is -0.105. The molecule has 3 unspecified atom stereocenters. The lowest BCUT2D eigenvalue weighted by atomic mass is 9.33. The number of nitrogens with zero attached hydrogens (tertiary/aromatic N) is 3. The van der Waals surface area contributed by atoms with E-state index in [1.807, 2.05) is 0 Å². The van der Waals surface area contributed by atoms with Crippen molar-refractivity contribution in [3.05, 3.63) is 222 Å². The second kappa shape index (κ2) is 17.2. The Balaban J connectivity index is 1.13. The van der Waals surface area contributed by atoms with E-state index < -0.39 is 0 Å². The van der Waals surface area contributed by atoms with E-state index in [4.69, 9.17) is 0 Å². The number of benzene rings is 9. The van der Waals surface area contributed by atoms with Crippen LogP contribution in [0.25, 0.3) is 33.4 Å². The van der Waals surface area contributed by atoms with Gasteiger partial charge < -0.3 is 14.7 Å². The summed E-state index contributed by atoms with van der Waals surface area (Å²) in [6.07, 6.45) is 4.66. The smallest absolute Gasteiger partial charge is 0.252 e. The van der Waals surface area contributed by atoms with Crippen molar-refractivity contribution >= 4 is 68.6 Å². The van der Waals surface area contributed by atoms with E-state index in [1.165, 1.54) is 131 Å². The lowest BCUT2D eigenvalue weighted by Gasteiger charge is -2.56. The summed E-state index contributed by atoms with van der Waals surface area (Å²) in [6, 6.07) is 77.1. The maximum atomic E-state index is 2.76. The standard InChI is InChI=1S/C73H70BN3/c1-47(2)56-37-38-71(6,7)60-46-62-66(45-58(56)60)76(63-36-32-53(70(3,4)5)42-57(63)51-25-17-12-18-26-51)68-44-55(77-64-28-20-19-27-59(64)72(8)39-40-73(72,77)9)43-67-69(68)74(62)61-41-52(49-23-15-11-16-24-49)31-35-65(61)75(67)54-33-29-50(30-34-54)48-21-13-10-14-22-48/h10-36,41-47,56H,37-40H2,1-9H3. The molecule has 0 saturated heterocycles. The molecule has 3 atom stereocenters. The van der Waals surface area contributed by atoms with Crippen LogP contribution in [0.15, 0.2) is 200 Å². The van der Waals surface area contributed by atoms with E-state index in [0.29, 0.717) is 11.8 Å². The summed E-state index contributed by atoms with van der Waals surface area (Å²) in [5.41, 5.74) is 27.1. The molecule has 0 spiro atoms. The quantitative estimate of drug-likeness (QED) is 0.147. The first-order chi connectivity index (χ1) is 37.1. The normalized spacial score (nSPS) is 20.4. The number of hydrogen-bond acceptors (Lipinski definition) is 3. The zero-order valence-corrected chi connectivity index (χ0v) is 46.5. The predicted molar refractivity (Wildman–Crippen MR) is 329 cm³/mol. The molecule has 9 aromatic carbocycles. The molecular formula is C73H70BN3. The fourth-order valence-electron chi connectivity index (χ4n) is 14.9. The van der Waals surface area contributed by atoms with Crippen LogP contribution in [-0.4, -0.2) is 12.3 Å². The third kappa shape index (κ3) is 7.16. The molecule has 0 bridgehead atoms. The first-order valence-electron chi connectivity index (χ1n) is 28.5. The largest absolute Gasteiger partial charge is 0.334 e. The van der Waals surface area contributed by atoms with Crippen molar-refractivity contribution < 1.29 is 0 Å². The van der Waals surface area contributed by atoms with Gasteiger partial charge in [-0.25, -0.2) is 0 Å². The first kappa shape index (κ1) is 47.9. The van der Waals surface area contributed by atoms with Crippen molar-refractivity contribution in [3.63, 3.8) is 0 Å². The highest BCUT2D eigenvalue weighted by atomic mass is 15.3. The second-order valence-electron chi connectivity index (χ2n) is 25.6. The van der Waals surface area contributed by atoms with Gasteiger partial charge in [-0.15, -0.1) is 0 Å². The number of para-hydroxylation sites is 1. The van der Waals surface area contributed by atoms with Gasteiger partial charge in [-0.05, 0) is 176 Å². The van der Waals surface area contributed by atoms with Crippen LogP contribution in [-0.2, 0) is 16.2 Å². The van der Waals surface area contributed by atoms with Crippen molar-refractivity contribution in [2.75, 3.05) is 14.7 Å². The maximum absolute atomic E-state index is 2.76. The molecule has 3 heterocycles. The summed E-state index contributed by atoms with van der Waals surface area (Å²) in [6.45, 7) is 22.0. The number of rotatable bonds is 7. The van der Waals surface area contributed by atoms with Crippen molar-refractivity contribution in [3.8, 4) is 33.4 Å². The minimum Gasteiger partial charge on any atom is -0.334 e. The summed E-state index contributed by atoms with van der Waals surface area (Å²) in [4.78, 5) is 8.14. The van der Waals surface area contributed by atoms with Crippen LogP contribution < -0.4 is 31.1 Å². The topological polar surface area (TPSA) is 9.72 Å². The van der Waals surface area contributed by atoms with Gasteiger partial charge in [-0.3, -0.25) is 0 Å². The summed E-state index contributed by atoms with van der Waals surface area (Å²) < 4.78 is 0. The zero-order chi connectivity index (χ0) is 52.8. The highest BCUT2D eigenvalue weighted by Gasteiger charge is 2.63. The van der Waals surface area contributed by atoms with Crippen LogP contribution in [0.2, 0.25) is 0 Å². The van der Waals surface area contributed by atoms with Gasteiger partial charge in [0.1, 0.15) is 0 Å². The Kier molecular flexibility index (Phi) is 10.7. The molecule has 3 aliphatic heterocycles. The van der Waals surface area contributed by atoms with E-state index in [-0.39, 0.29) is 28.5 Å². The zero-order valence-electron chi connectivity index (χ0n) is 46.5. The van der Waals surface area contributed by atoms with Gasteiger partial charge in [0.2, 0.25) is 0 Å². The minimum absolute atomic E-state index is 0.0149. The number of fused-ring (bicyclic) bond motifs is 8. The van der Waals surface area contributed by atoms with E-state index in [9.17, 15) is 0 Å². The summed E-state index contributed by atoms with van der Waals surface area (Å²) in [7, 11) is 0. The lowest BCUT2D eigenvalue weighted by Crippen LogP contribution is -2.62. The number of anilines is 8. The molecule has 9 aromatic rings. The van der Waals surface area contributed by atoms with Crippen LogP contribution >= 0.6 is 0 Å². The van der Waals surface area contributed by atoms with Gasteiger partial charge in [0.25, 0.3) is 6.71 Å². The summed E-state index contributed by atoms with van der Waals surface area (Å²) in [5.74, 6) is 0.968. The third-order valence-corrected chi connectivity index (χ3v) is 19.6. The molecule has 0 N–H and O–H groups in total. The molecule has 1 saturated carbocycles. The molecule has 0 amide bonds. The molecule has 14 rings (SSSR count). The molecule has 0 aromatic heterocycles. The third-order valence-electron chi connectivity index (χ3n) is 19.6. The van der Waals surface area contributed by atoms with Crippen LogP contribution in [0.3, 0.4) is 0 Å². The van der Waals surface area contributed by atoms with Crippen LogP contribution in [0.4, 0.5) is 45.5 Å². The molecule has 2 aliphatic carbocycles. The monoisotopic (exact) mass is 1000 g/mol. The van der Waals surface area contributed by atoms with Crippen molar-refractivity contribution in [1.82, 2.24) is 0 Å². The van der Waals surface area contributed by atoms with Crippen molar-refractivity contribution in [2.45, 2.75) is 116 Å². The van der Waals surface area contributed by atoms with Gasteiger partial charge in [0, 0.05) is 50.8 Å². The first-order valence-corrected chi connectivity index (χ1v) is 28.5. The van der Waals surface area contributed by atoms with E-state index >= 15 is 0 Å². The maximum Gasteiger partial charge on any atom is 0.252 e. The summed E-state index contributed by atoms with van der Waals surface area (Å²) in [5, 5.41) is 0. The van der Waals surface area contributed by atoms with E-state index in [0.717, 1.165) is 12.1 Å². The van der Waals surface area contributed by atoms with Crippen molar-refractivity contribution in [2.24, 2.45) is 5.92 Å².